The van der Waals surface area contributed by atoms with Crippen molar-refractivity contribution in [1.29, 1.82) is 0 Å². The summed E-state index contributed by atoms with van der Waals surface area (Å²) in [4.78, 5) is 4.47. The van der Waals surface area contributed by atoms with E-state index in [4.69, 9.17) is 0 Å². The summed E-state index contributed by atoms with van der Waals surface area (Å²) in [5.74, 6) is 0.194. The molecule has 1 aliphatic heterocycles. The van der Waals surface area contributed by atoms with Crippen LogP contribution in [0.5, 0.6) is 0 Å². The number of hydrogen-bond acceptors (Lipinski definition) is 4. The minimum atomic E-state index is -3.21. The van der Waals surface area contributed by atoms with Gasteiger partial charge in [0.05, 0.1) is 22.5 Å². The fourth-order valence-corrected chi connectivity index (χ4v) is 5.46. The first-order valence-electron chi connectivity index (χ1n) is 6.61. The van der Waals surface area contributed by atoms with Gasteiger partial charge in [-0.2, -0.15) is 4.31 Å². The maximum Gasteiger partial charge on any atom is 0.215 e. The van der Waals surface area contributed by atoms with Crippen LogP contribution in [-0.2, 0) is 10.0 Å². The molecule has 1 atom stereocenters. The first-order chi connectivity index (χ1) is 8.69. The average molecular weight is 302 g/mol. The molecule has 0 bridgehead atoms. The zero-order valence-corrected chi connectivity index (χ0v) is 13.6. The molecular formula is C13H22N2O2S2. The Labute approximate surface area is 119 Å². The third kappa shape index (κ3) is 3.55. The van der Waals surface area contributed by atoms with Gasteiger partial charge in [0.25, 0.3) is 0 Å². The molecule has 6 heteroatoms. The van der Waals surface area contributed by atoms with Crippen LogP contribution >= 0.6 is 11.3 Å². The van der Waals surface area contributed by atoms with Crippen LogP contribution in [0.1, 0.15) is 50.4 Å². The molecule has 0 N–H and O–H groups in total. The third-order valence-corrected chi connectivity index (χ3v) is 6.33. The van der Waals surface area contributed by atoms with Gasteiger partial charge in [0.1, 0.15) is 0 Å². The predicted molar refractivity (Wildman–Crippen MR) is 78.8 cm³/mol. The number of hydrogen-bond donors (Lipinski definition) is 0. The van der Waals surface area contributed by atoms with E-state index in [1.807, 2.05) is 33.1 Å². The van der Waals surface area contributed by atoms with Crippen LogP contribution in [0.2, 0.25) is 0 Å². The Morgan fingerprint density at radius 3 is 2.68 bits per heavy atom. The van der Waals surface area contributed by atoms with E-state index in [9.17, 15) is 8.42 Å². The first kappa shape index (κ1) is 14.9. The van der Waals surface area contributed by atoms with E-state index in [-0.39, 0.29) is 17.2 Å². The van der Waals surface area contributed by atoms with Crippen molar-refractivity contribution in [3.8, 4) is 0 Å². The second kappa shape index (κ2) is 5.14. The molecule has 0 unspecified atom stereocenters. The smallest absolute Gasteiger partial charge is 0.215 e. The minimum absolute atomic E-state index is 0.0581. The topological polar surface area (TPSA) is 50.3 Å². The van der Waals surface area contributed by atoms with Crippen LogP contribution in [0, 0.1) is 12.3 Å². The quantitative estimate of drug-likeness (QED) is 0.862. The summed E-state index contributed by atoms with van der Waals surface area (Å²) in [6.45, 7) is 8.46. The molecule has 0 saturated carbocycles. The van der Waals surface area contributed by atoms with Crippen LogP contribution in [-0.4, -0.2) is 30.0 Å². The van der Waals surface area contributed by atoms with Crippen LogP contribution in [0.15, 0.2) is 5.38 Å². The summed E-state index contributed by atoms with van der Waals surface area (Å²) < 4.78 is 26.7. The number of nitrogens with zero attached hydrogens (tertiary/aromatic N) is 2. The van der Waals surface area contributed by atoms with Crippen LogP contribution in [0.3, 0.4) is 0 Å². The fraction of sp³-hybridized carbons (Fsp3) is 0.769. The number of aryl methyl sites for hydroxylation is 1. The van der Waals surface area contributed by atoms with E-state index < -0.39 is 10.0 Å². The molecule has 1 aliphatic rings. The summed E-state index contributed by atoms with van der Waals surface area (Å²) in [7, 11) is -3.21. The number of sulfonamides is 1. The lowest BCUT2D eigenvalue weighted by Crippen LogP contribution is -2.36. The molecule has 2 rings (SSSR count). The molecule has 4 nitrogen and oxygen atoms in total. The Morgan fingerprint density at radius 1 is 1.47 bits per heavy atom. The van der Waals surface area contributed by atoms with E-state index >= 15 is 0 Å². The highest BCUT2D eigenvalue weighted by atomic mass is 32.2. The second-order valence-corrected chi connectivity index (χ2v) is 9.36. The molecule has 0 amide bonds. The SMILES string of the molecule is Cc1nc([C@H]2CCCN2S(=O)(=O)CC(C)(C)C)cs1. The summed E-state index contributed by atoms with van der Waals surface area (Å²) in [5.41, 5.74) is 0.696. The lowest BCUT2D eigenvalue weighted by Gasteiger charge is -2.27. The molecule has 0 radical (unpaired) electrons. The highest BCUT2D eigenvalue weighted by Crippen LogP contribution is 2.36. The maximum absolute atomic E-state index is 12.5. The molecule has 0 aliphatic carbocycles. The second-order valence-electron chi connectivity index (χ2n) is 6.38. The van der Waals surface area contributed by atoms with Crippen LogP contribution < -0.4 is 0 Å². The van der Waals surface area contributed by atoms with Crippen molar-refractivity contribution in [3.05, 3.63) is 16.1 Å². The zero-order chi connectivity index (χ0) is 14.3. The van der Waals surface area contributed by atoms with Gasteiger partial charge in [0, 0.05) is 11.9 Å². The van der Waals surface area contributed by atoms with Gasteiger partial charge in [-0.15, -0.1) is 11.3 Å². The molecule has 1 fully saturated rings. The minimum Gasteiger partial charge on any atom is -0.245 e. The molecule has 0 spiro atoms. The van der Waals surface area contributed by atoms with Gasteiger partial charge in [-0.25, -0.2) is 13.4 Å². The molecule has 1 aromatic rings. The molecule has 0 aromatic carbocycles. The van der Waals surface area contributed by atoms with Crippen LogP contribution in [0.25, 0.3) is 0 Å². The Morgan fingerprint density at radius 2 is 2.16 bits per heavy atom. The zero-order valence-electron chi connectivity index (χ0n) is 12.0. The van der Waals surface area contributed by atoms with Gasteiger partial charge in [-0.1, -0.05) is 20.8 Å². The summed E-state index contributed by atoms with van der Waals surface area (Å²) >= 11 is 1.58. The van der Waals surface area contributed by atoms with Gasteiger partial charge in [0.2, 0.25) is 10.0 Å². The maximum atomic E-state index is 12.5. The molecule has 108 valence electrons. The Bertz CT molecular complexity index is 543. The average Bonchev–Trinajstić information content (AvgIpc) is 2.80. The highest BCUT2D eigenvalue weighted by Gasteiger charge is 2.38. The van der Waals surface area contributed by atoms with Gasteiger partial charge in [-0.3, -0.25) is 0 Å². The van der Waals surface area contributed by atoms with Crippen molar-refractivity contribution in [1.82, 2.24) is 9.29 Å². The summed E-state index contributed by atoms with van der Waals surface area (Å²) in [6.07, 6.45) is 1.80. The highest BCUT2D eigenvalue weighted by molar-refractivity contribution is 7.89. The molecule has 1 aromatic heterocycles. The van der Waals surface area contributed by atoms with Crippen molar-refractivity contribution >= 4 is 21.4 Å². The van der Waals surface area contributed by atoms with E-state index in [0.717, 1.165) is 23.5 Å². The van der Waals surface area contributed by atoms with Gasteiger partial charge < -0.3 is 0 Å². The fourth-order valence-electron chi connectivity index (χ4n) is 2.53. The Balaban J connectivity index is 2.24. The number of aromatic nitrogens is 1. The van der Waals surface area contributed by atoms with Crippen LogP contribution in [0.4, 0.5) is 0 Å². The van der Waals surface area contributed by atoms with E-state index in [1.165, 1.54) is 0 Å². The Kier molecular flexibility index (Phi) is 4.05. The lowest BCUT2D eigenvalue weighted by atomic mass is 10.0. The van der Waals surface area contributed by atoms with E-state index in [2.05, 4.69) is 4.98 Å². The molecule has 19 heavy (non-hydrogen) atoms. The molecule has 2 heterocycles. The first-order valence-corrected chi connectivity index (χ1v) is 9.09. The Hall–Kier alpha value is -0.460. The predicted octanol–water partition coefficient (Wildman–Crippen LogP) is 2.96. The van der Waals surface area contributed by atoms with Crippen molar-refractivity contribution in [3.63, 3.8) is 0 Å². The van der Waals surface area contributed by atoms with E-state index in [0.29, 0.717) is 6.54 Å². The molecule has 1 saturated heterocycles. The summed E-state index contributed by atoms with van der Waals surface area (Å²) in [6, 6.07) is -0.0581. The van der Waals surface area contributed by atoms with Gasteiger partial charge in [0.15, 0.2) is 0 Å². The van der Waals surface area contributed by atoms with Crippen molar-refractivity contribution in [2.75, 3.05) is 12.3 Å². The third-order valence-electron chi connectivity index (χ3n) is 3.15. The normalized spacial score (nSPS) is 22.0. The number of rotatable bonds is 3. The van der Waals surface area contributed by atoms with E-state index in [1.54, 1.807) is 15.6 Å². The van der Waals surface area contributed by atoms with Gasteiger partial charge >= 0.3 is 0 Å². The molecular weight excluding hydrogens is 280 g/mol. The monoisotopic (exact) mass is 302 g/mol. The standard InChI is InChI=1S/C13H22N2O2S2/c1-10-14-11(8-18-10)12-6-5-7-15(12)19(16,17)9-13(2,3)4/h8,12H,5-7,9H2,1-4H3/t12-/m1/s1. The van der Waals surface area contributed by atoms with Gasteiger partial charge in [-0.05, 0) is 25.2 Å². The summed E-state index contributed by atoms with van der Waals surface area (Å²) in [5, 5.41) is 2.99. The van der Waals surface area contributed by atoms with Crippen molar-refractivity contribution in [2.45, 2.75) is 46.6 Å². The van der Waals surface area contributed by atoms with Crippen molar-refractivity contribution < 1.29 is 8.42 Å². The lowest BCUT2D eigenvalue weighted by molar-refractivity contribution is 0.373. The number of thiazole rings is 1. The largest absolute Gasteiger partial charge is 0.245 e. The van der Waals surface area contributed by atoms with Crippen molar-refractivity contribution in [2.24, 2.45) is 5.41 Å².